The van der Waals surface area contributed by atoms with E-state index in [-0.39, 0.29) is 21.2 Å². The number of carboxylic acid groups (broad SMARTS) is 1. The first-order valence-electron chi connectivity index (χ1n) is 6.77. The molecule has 0 fully saturated rings. The van der Waals surface area contributed by atoms with E-state index in [1.807, 2.05) is 0 Å². The van der Waals surface area contributed by atoms with Crippen LogP contribution in [0, 0.1) is 5.82 Å². The van der Waals surface area contributed by atoms with Crippen LogP contribution in [0.4, 0.5) is 10.1 Å². The van der Waals surface area contributed by atoms with Crippen molar-refractivity contribution in [1.82, 2.24) is 5.32 Å². The van der Waals surface area contributed by atoms with Crippen LogP contribution in [-0.4, -0.2) is 31.9 Å². The van der Waals surface area contributed by atoms with E-state index < -0.39 is 34.3 Å². The molecular weight excluding hydrogens is 375 g/mol. The third-order valence-electron chi connectivity index (χ3n) is 3.00. The van der Waals surface area contributed by atoms with Crippen LogP contribution in [0.15, 0.2) is 47.4 Å². The van der Waals surface area contributed by atoms with E-state index in [1.165, 1.54) is 24.3 Å². The van der Waals surface area contributed by atoms with E-state index in [0.717, 1.165) is 18.2 Å². The predicted octanol–water partition coefficient (Wildman–Crippen LogP) is 2.09. The molecule has 0 heterocycles. The van der Waals surface area contributed by atoms with Gasteiger partial charge in [-0.05, 0) is 42.5 Å². The number of anilines is 1. The number of aliphatic carboxylic acids is 1. The predicted molar refractivity (Wildman–Crippen MR) is 88.6 cm³/mol. The van der Waals surface area contributed by atoms with Crippen LogP contribution in [0.2, 0.25) is 5.02 Å². The molecule has 0 spiro atoms. The second-order valence-electron chi connectivity index (χ2n) is 4.84. The van der Waals surface area contributed by atoms with Crippen molar-refractivity contribution in [3.63, 3.8) is 0 Å². The maximum absolute atomic E-state index is 13.1. The molecule has 0 saturated heterocycles. The van der Waals surface area contributed by atoms with Crippen molar-refractivity contribution < 1.29 is 27.5 Å². The molecule has 10 heteroatoms. The van der Waals surface area contributed by atoms with Gasteiger partial charge < -0.3 is 10.4 Å². The molecule has 0 saturated carbocycles. The number of hydrogen-bond donors (Lipinski definition) is 3. The summed E-state index contributed by atoms with van der Waals surface area (Å²) in [5.41, 5.74) is 0.323. The van der Waals surface area contributed by atoms with Crippen LogP contribution in [0.25, 0.3) is 0 Å². The van der Waals surface area contributed by atoms with Gasteiger partial charge in [0, 0.05) is 11.3 Å². The molecule has 1 amide bonds. The summed E-state index contributed by atoms with van der Waals surface area (Å²) in [6, 6.07) is 8.30. The average molecular weight is 387 g/mol. The Morgan fingerprint density at radius 2 is 1.76 bits per heavy atom. The van der Waals surface area contributed by atoms with Crippen molar-refractivity contribution in [3.8, 4) is 0 Å². The Balaban J connectivity index is 2.13. The van der Waals surface area contributed by atoms with Crippen molar-refractivity contribution >= 4 is 39.2 Å². The third kappa shape index (κ3) is 4.91. The number of nitrogens with one attached hydrogen (secondary N) is 2. The van der Waals surface area contributed by atoms with Gasteiger partial charge in [-0.25, -0.2) is 12.8 Å². The number of carbonyl (C=O) groups excluding carboxylic acids is 1. The Morgan fingerprint density at radius 1 is 1.12 bits per heavy atom. The molecule has 0 aliphatic carbocycles. The fourth-order valence-corrected chi connectivity index (χ4v) is 3.14. The maximum atomic E-state index is 13.1. The number of amides is 1. The lowest BCUT2D eigenvalue weighted by Gasteiger charge is -2.09. The standard InChI is InChI=1S/C15H12ClFN2O5S/c16-12-7-11(5-6-13(12)17)25(23,24)19-10-3-1-9(2-4-10)15(22)18-8-14(20)21/h1-7,19H,8H2,(H,18,22)(H,20,21). The molecular formula is C15H12ClFN2O5S. The van der Waals surface area contributed by atoms with Gasteiger partial charge in [0.15, 0.2) is 0 Å². The van der Waals surface area contributed by atoms with E-state index in [2.05, 4.69) is 10.0 Å². The van der Waals surface area contributed by atoms with E-state index in [4.69, 9.17) is 16.7 Å². The second kappa shape index (κ2) is 7.49. The zero-order valence-corrected chi connectivity index (χ0v) is 14.1. The maximum Gasteiger partial charge on any atom is 0.322 e. The SMILES string of the molecule is O=C(O)CNC(=O)c1ccc(NS(=O)(=O)c2ccc(F)c(Cl)c2)cc1. The first-order chi connectivity index (χ1) is 11.7. The van der Waals surface area contributed by atoms with Gasteiger partial charge in [-0.2, -0.15) is 0 Å². The summed E-state index contributed by atoms with van der Waals surface area (Å²) in [6.07, 6.45) is 0. The summed E-state index contributed by atoms with van der Waals surface area (Å²) >= 11 is 5.58. The fourth-order valence-electron chi connectivity index (χ4n) is 1.81. The van der Waals surface area contributed by atoms with Crippen molar-refractivity contribution in [2.45, 2.75) is 4.90 Å². The van der Waals surface area contributed by atoms with Crippen molar-refractivity contribution in [1.29, 1.82) is 0 Å². The number of carbonyl (C=O) groups is 2. The Bertz CT molecular complexity index is 916. The number of carboxylic acids is 1. The molecule has 0 aromatic heterocycles. The molecule has 0 bridgehead atoms. The van der Waals surface area contributed by atoms with Crippen LogP contribution in [0.1, 0.15) is 10.4 Å². The van der Waals surface area contributed by atoms with Crippen LogP contribution in [0.5, 0.6) is 0 Å². The second-order valence-corrected chi connectivity index (χ2v) is 6.92. The summed E-state index contributed by atoms with van der Waals surface area (Å²) in [5.74, 6) is -2.53. The zero-order chi connectivity index (χ0) is 18.6. The van der Waals surface area contributed by atoms with Crippen LogP contribution in [-0.2, 0) is 14.8 Å². The largest absolute Gasteiger partial charge is 0.480 e. The molecule has 2 rings (SSSR count). The summed E-state index contributed by atoms with van der Waals surface area (Å²) in [4.78, 5) is 21.9. The molecule has 0 aliphatic rings. The normalized spacial score (nSPS) is 11.0. The Hall–Kier alpha value is -2.65. The minimum atomic E-state index is -3.99. The van der Waals surface area contributed by atoms with Crippen molar-refractivity contribution in [2.75, 3.05) is 11.3 Å². The molecule has 0 radical (unpaired) electrons. The van der Waals surface area contributed by atoms with Gasteiger partial charge in [0.05, 0.1) is 9.92 Å². The molecule has 25 heavy (non-hydrogen) atoms. The van der Waals surface area contributed by atoms with Crippen LogP contribution >= 0.6 is 11.6 Å². The average Bonchev–Trinajstić information content (AvgIpc) is 2.55. The highest BCUT2D eigenvalue weighted by atomic mass is 35.5. The van der Waals surface area contributed by atoms with Crippen LogP contribution in [0.3, 0.4) is 0 Å². The van der Waals surface area contributed by atoms with Gasteiger partial charge in [-0.1, -0.05) is 11.6 Å². The molecule has 7 nitrogen and oxygen atoms in total. The third-order valence-corrected chi connectivity index (χ3v) is 4.67. The topological polar surface area (TPSA) is 113 Å². The Morgan fingerprint density at radius 3 is 2.32 bits per heavy atom. The van der Waals surface area contributed by atoms with Gasteiger partial charge in [-0.3, -0.25) is 14.3 Å². The Kier molecular flexibility index (Phi) is 5.60. The number of rotatable bonds is 6. The van der Waals surface area contributed by atoms with E-state index in [9.17, 15) is 22.4 Å². The highest BCUT2D eigenvalue weighted by Gasteiger charge is 2.16. The highest BCUT2D eigenvalue weighted by Crippen LogP contribution is 2.22. The molecule has 2 aromatic carbocycles. The molecule has 0 unspecified atom stereocenters. The number of halogens is 2. The first kappa shape index (κ1) is 18.7. The Labute approximate surface area is 147 Å². The van der Waals surface area contributed by atoms with E-state index in [1.54, 1.807) is 0 Å². The van der Waals surface area contributed by atoms with Crippen molar-refractivity contribution in [2.24, 2.45) is 0 Å². The smallest absolute Gasteiger partial charge is 0.322 e. The van der Waals surface area contributed by atoms with Gasteiger partial charge in [0.1, 0.15) is 12.4 Å². The lowest BCUT2D eigenvalue weighted by atomic mass is 10.2. The number of sulfonamides is 1. The van der Waals surface area contributed by atoms with Gasteiger partial charge in [0.25, 0.3) is 15.9 Å². The van der Waals surface area contributed by atoms with E-state index in [0.29, 0.717) is 0 Å². The minimum Gasteiger partial charge on any atom is -0.480 e. The highest BCUT2D eigenvalue weighted by molar-refractivity contribution is 7.92. The lowest BCUT2D eigenvalue weighted by molar-refractivity contribution is -0.135. The molecule has 3 N–H and O–H groups in total. The molecule has 132 valence electrons. The first-order valence-corrected chi connectivity index (χ1v) is 8.63. The lowest BCUT2D eigenvalue weighted by Crippen LogP contribution is -2.29. The molecule has 2 aromatic rings. The molecule has 0 aliphatic heterocycles. The summed E-state index contributed by atoms with van der Waals surface area (Å²) in [6.45, 7) is -0.529. The summed E-state index contributed by atoms with van der Waals surface area (Å²) in [5, 5.41) is 10.4. The fraction of sp³-hybridized carbons (Fsp3) is 0.0667. The number of benzene rings is 2. The van der Waals surface area contributed by atoms with Crippen molar-refractivity contribution in [3.05, 3.63) is 58.9 Å². The minimum absolute atomic E-state index is 0.161. The van der Waals surface area contributed by atoms with Gasteiger partial charge in [0.2, 0.25) is 0 Å². The quantitative estimate of drug-likeness (QED) is 0.703. The van der Waals surface area contributed by atoms with Gasteiger partial charge in [-0.15, -0.1) is 0 Å². The monoisotopic (exact) mass is 386 g/mol. The summed E-state index contributed by atoms with van der Waals surface area (Å²) < 4.78 is 39.8. The summed E-state index contributed by atoms with van der Waals surface area (Å²) in [7, 11) is -3.99. The zero-order valence-electron chi connectivity index (χ0n) is 12.5. The van der Waals surface area contributed by atoms with Crippen LogP contribution < -0.4 is 10.0 Å². The number of hydrogen-bond acceptors (Lipinski definition) is 4. The van der Waals surface area contributed by atoms with E-state index >= 15 is 0 Å². The molecule has 0 atom stereocenters. The van der Waals surface area contributed by atoms with Gasteiger partial charge >= 0.3 is 5.97 Å².